The van der Waals surface area contributed by atoms with Crippen LogP contribution in [0.5, 0.6) is 0 Å². The molecule has 0 spiro atoms. The molecule has 0 aromatic carbocycles. The van der Waals surface area contributed by atoms with E-state index in [0.29, 0.717) is 6.61 Å². The van der Waals surface area contributed by atoms with E-state index in [1.807, 2.05) is 11.6 Å². The van der Waals surface area contributed by atoms with Gasteiger partial charge in [0.1, 0.15) is 12.2 Å². The zero-order chi connectivity index (χ0) is 13.2. The van der Waals surface area contributed by atoms with E-state index in [-0.39, 0.29) is 11.7 Å². The van der Waals surface area contributed by atoms with Crippen LogP contribution in [0.2, 0.25) is 0 Å². The lowest BCUT2D eigenvalue weighted by Gasteiger charge is -2.42. The number of morpholine rings is 1. The number of methoxy groups -OCH3 is 1. The maximum atomic E-state index is 5.98. The lowest BCUT2D eigenvalue weighted by molar-refractivity contribution is -0.154. The minimum atomic E-state index is -0.153. The Kier molecular flexibility index (Phi) is 3.99. The molecule has 1 aliphatic rings. The van der Waals surface area contributed by atoms with Crippen molar-refractivity contribution >= 4 is 0 Å². The van der Waals surface area contributed by atoms with Crippen LogP contribution in [0.15, 0.2) is 6.33 Å². The maximum Gasteiger partial charge on any atom is 0.146 e. The van der Waals surface area contributed by atoms with E-state index in [1.54, 1.807) is 13.4 Å². The van der Waals surface area contributed by atoms with Gasteiger partial charge < -0.3 is 14.0 Å². The van der Waals surface area contributed by atoms with E-state index >= 15 is 0 Å². The van der Waals surface area contributed by atoms with Crippen molar-refractivity contribution in [3.05, 3.63) is 12.2 Å². The maximum absolute atomic E-state index is 5.98. The summed E-state index contributed by atoms with van der Waals surface area (Å²) in [7, 11) is 3.67. The summed E-state index contributed by atoms with van der Waals surface area (Å²) in [5.74, 6) is 0.976. The number of rotatable bonds is 4. The molecule has 1 unspecified atom stereocenters. The molecule has 0 bridgehead atoms. The quantitative estimate of drug-likeness (QED) is 0.780. The standard InChI is InChI=1S/C12H22N4O2/c1-12(2)8-16(5-10(18-12)7-17-4)6-11-14-13-9-15(11)3/h9-10H,5-8H2,1-4H3. The van der Waals surface area contributed by atoms with Gasteiger partial charge in [-0.05, 0) is 13.8 Å². The molecule has 0 amide bonds. The zero-order valence-corrected chi connectivity index (χ0v) is 11.6. The molecule has 18 heavy (non-hydrogen) atoms. The molecule has 2 heterocycles. The van der Waals surface area contributed by atoms with Gasteiger partial charge in [0.15, 0.2) is 0 Å². The van der Waals surface area contributed by atoms with Crippen LogP contribution >= 0.6 is 0 Å². The van der Waals surface area contributed by atoms with Crippen molar-refractivity contribution in [3.8, 4) is 0 Å². The Morgan fingerprint density at radius 1 is 1.56 bits per heavy atom. The molecule has 0 saturated carbocycles. The van der Waals surface area contributed by atoms with Crippen LogP contribution in [-0.2, 0) is 23.1 Å². The van der Waals surface area contributed by atoms with Crippen LogP contribution in [0.3, 0.4) is 0 Å². The second kappa shape index (κ2) is 5.34. The monoisotopic (exact) mass is 254 g/mol. The highest BCUT2D eigenvalue weighted by Crippen LogP contribution is 2.22. The van der Waals surface area contributed by atoms with Gasteiger partial charge in [0.25, 0.3) is 0 Å². The Hall–Kier alpha value is -0.980. The van der Waals surface area contributed by atoms with E-state index in [9.17, 15) is 0 Å². The molecule has 6 nitrogen and oxygen atoms in total. The third-order valence-corrected chi connectivity index (χ3v) is 3.07. The fourth-order valence-electron chi connectivity index (χ4n) is 2.46. The second-order valence-electron chi connectivity index (χ2n) is 5.48. The first kappa shape index (κ1) is 13.5. The number of hydrogen-bond donors (Lipinski definition) is 0. The first-order chi connectivity index (χ1) is 8.50. The Morgan fingerprint density at radius 2 is 2.33 bits per heavy atom. The average Bonchev–Trinajstić information content (AvgIpc) is 2.62. The van der Waals surface area contributed by atoms with Gasteiger partial charge in [0.05, 0.1) is 24.9 Å². The number of ether oxygens (including phenoxy) is 2. The molecule has 0 aliphatic carbocycles. The smallest absolute Gasteiger partial charge is 0.146 e. The summed E-state index contributed by atoms with van der Waals surface area (Å²) in [5, 5.41) is 8.04. The van der Waals surface area contributed by atoms with E-state index < -0.39 is 0 Å². The zero-order valence-electron chi connectivity index (χ0n) is 11.6. The SMILES string of the molecule is COCC1CN(Cc2nncn2C)CC(C)(C)O1. The summed E-state index contributed by atoms with van der Waals surface area (Å²) in [6.07, 6.45) is 1.85. The molecule has 1 aromatic rings. The fraction of sp³-hybridized carbons (Fsp3) is 0.833. The van der Waals surface area contributed by atoms with Gasteiger partial charge in [-0.1, -0.05) is 0 Å². The lowest BCUT2D eigenvalue weighted by Crippen LogP contribution is -2.53. The molecule has 6 heteroatoms. The van der Waals surface area contributed by atoms with Crippen molar-refractivity contribution in [1.29, 1.82) is 0 Å². The van der Waals surface area contributed by atoms with Crippen molar-refractivity contribution in [2.75, 3.05) is 26.8 Å². The summed E-state index contributed by atoms with van der Waals surface area (Å²) in [5.41, 5.74) is -0.153. The largest absolute Gasteiger partial charge is 0.382 e. The average molecular weight is 254 g/mol. The Labute approximate surface area is 108 Å². The Balaban J connectivity index is 2.01. The van der Waals surface area contributed by atoms with E-state index in [2.05, 4.69) is 28.9 Å². The van der Waals surface area contributed by atoms with Crippen molar-refractivity contribution in [3.63, 3.8) is 0 Å². The molecule has 1 fully saturated rings. The predicted octanol–water partition coefficient (Wildman–Crippen LogP) is 0.441. The van der Waals surface area contributed by atoms with Crippen molar-refractivity contribution < 1.29 is 9.47 Å². The topological polar surface area (TPSA) is 52.4 Å². The first-order valence-electron chi connectivity index (χ1n) is 6.22. The van der Waals surface area contributed by atoms with Gasteiger partial charge in [0.2, 0.25) is 0 Å². The molecular formula is C12H22N4O2. The van der Waals surface area contributed by atoms with Gasteiger partial charge in [-0.15, -0.1) is 10.2 Å². The van der Waals surface area contributed by atoms with Crippen molar-refractivity contribution in [1.82, 2.24) is 19.7 Å². The van der Waals surface area contributed by atoms with Gasteiger partial charge in [-0.25, -0.2) is 0 Å². The van der Waals surface area contributed by atoms with Crippen LogP contribution in [0.1, 0.15) is 19.7 Å². The molecular weight excluding hydrogens is 232 g/mol. The molecule has 102 valence electrons. The molecule has 1 saturated heterocycles. The predicted molar refractivity (Wildman–Crippen MR) is 67.1 cm³/mol. The minimum absolute atomic E-state index is 0.118. The molecule has 1 atom stereocenters. The Morgan fingerprint density at radius 3 is 2.94 bits per heavy atom. The van der Waals surface area contributed by atoms with Crippen molar-refractivity contribution in [2.24, 2.45) is 7.05 Å². The van der Waals surface area contributed by atoms with Crippen LogP contribution in [0, 0.1) is 0 Å². The highest BCUT2D eigenvalue weighted by Gasteiger charge is 2.33. The first-order valence-corrected chi connectivity index (χ1v) is 6.22. The van der Waals surface area contributed by atoms with Gasteiger partial charge >= 0.3 is 0 Å². The number of aryl methyl sites for hydroxylation is 1. The van der Waals surface area contributed by atoms with Gasteiger partial charge in [-0.2, -0.15) is 0 Å². The lowest BCUT2D eigenvalue weighted by atomic mass is 10.1. The van der Waals surface area contributed by atoms with Crippen molar-refractivity contribution in [2.45, 2.75) is 32.1 Å². The number of aromatic nitrogens is 3. The van der Waals surface area contributed by atoms with Crippen LogP contribution in [-0.4, -0.2) is 58.2 Å². The van der Waals surface area contributed by atoms with Crippen LogP contribution in [0.4, 0.5) is 0 Å². The highest BCUT2D eigenvalue weighted by atomic mass is 16.5. The number of nitrogens with zero attached hydrogens (tertiary/aromatic N) is 4. The highest BCUT2D eigenvalue weighted by molar-refractivity contribution is 4.90. The summed E-state index contributed by atoms with van der Waals surface area (Å²) >= 11 is 0. The van der Waals surface area contributed by atoms with Gasteiger partial charge in [-0.3, -0.25) is 4.90 Å². The summed E-state index contributed by atoms with van der Waals surface area (Å²) in [6, 6.07) is 0. The summed E-state index contributed by atoms with van der Waals surface area (Å²) in [4.78, 5) is 2.34. The summed E-state index contributed by atoms with van der Waals surface area (Å²) in [6.45, 7) is 7.39. The normalized spacial score (nSPS) is 24.3. The molecule has 0 N–H and O–H groups in total. The van der Waals surface area contributed by atoms with Crippen LogP contribution < -0.4 is 0 Å². The molecule has 2 rings (SSSR count). The third kappa shape index (κ3) is 3.28. The van der Waals surface area contributed by atoms with E-state index in [4.69, 9.17) is 9.47 Å². The molecule has 1 aromatic heterocycles. The number of hydrogen-bond acceptors (Lipinski definition) is 5. The second-order valence-corrected chi connectivity index (χ2v) is 5.48. The third-order valence-electron chi connectivity index (χ3n) is 3.07. The fourth-order valence-corrected chi connectivity index (χ4v) is 2.46. The Bertz CT molecular complexity index is 391. The van der Waals surface area contributed by atoms with E-state index in [1.165, 1.54) is 0 Å². The van der Waals surface area contributed by atoms with Gasteiger partial charge in [0, 0.05) is 27.2 Å². The molecule has 1 aliphatic heterocycles. The summed E-state index contributed by atoms with van der Waals surface area (Å²) < 4.78 is 13.1. The minimum Gasteiger partial charge on any atom is -0.382 e. The van der Waals surface area contributed by atoms with E-state index in [0.717, 1.165) is 25.5 Å². The van der Waals surface area contributed by atoms with Crippen LogP contribution in [0.25, 0.3) is 0 Å². The molecule has 0 radical (unpaired) electrons.